The van der Waals surface area contributed by atoms with Crippen LogP contribution in [0, 0.1) is 0 Å². The molecular formula is C16H16O3S. The molecule has 0 spiro atoms. The Kier molecular flexibility index (Phi) is 5.21. The molecule has 2 aromatic rings. The highest BCUT2D eigenvalue weighted by atomic mass is 32.2. The number of esters is 1. The van der Waals surface area contributed by atoms with E-state index in [0.29, 0.717) is 11.5 Å². The van der Waals surface area contributed by atoms with E-state index in [1.165, 1.54) is 6.92 Å². The number of carbonyl (C=O) groups is 1. The second-order valence-corrected chi connectivity index (χ2v) is 5.40. The van der Waals surface area contributed by atoms with Crippen LogP contribution in [0.1, 0.15) is 18.6 Å². The van der Waals surface area contributed by atoms with E-state index in [4.69, 9.17) is 4.74 Å². The number of carbonyl (C=O) groups excluding carboxylic acids is 1. The number of aliphatic hydroxyl groups is 1. The molecule has 4 heteroatoms. The van der Waals surface area contributed by atoms with Crippen molar-refractivity contribution in [1.82, 2.24) is 0 Å². The third-order valence-corrected chi connectivity index (χ3v) is 3.77. The van der Waals surface area contributed by atoms with Crippen LogP contribution < -0.4 is 4.74 Å². The summed E-state index contributed by atoms with van der Waals surface area (Å²) in [5.74, 6) is 0.721. The van der Waals surface area contributed by atoms with Gasteiger partial charge in [0.1, 0.15) is 5.75 Å². The van der Waals surface area contributed by atoms with Crippen LogP contribution in [-0.4, -0.2) is 16.8 Å². The van der Waals surface area contributed by atoms with Gasteiger partial charge in [-0.2, -0.15) is 0 Å². The molecule has 0 heterocycles. The number of hydrogen-bond acceptors (Lipinski definition) is 4. The Morgan fingerprint density at radius 3 is 2.40 bits per heavy atom. The van der Waals surface area contributed by atoms with Gasteiger partial charge in [0.05, 0.1) is 6.10 Å². The summed E-state index contributed by atoms with van der Waals surface area (Å²) in [4.78, 5) is 11.9. The zero-order chi connectivity index (χ0) is 14.4. The Morgan fingerprint density at radius 1 is 1.15 bits per heavy atom. The van der Waals surface area contributed by atoms with Gasteiger partial charge in [-0.15, -0.1) is 11.8 Å². The lowest BCUT2D eigenvalue weighted by Crippen LogP contribution is -2.03. The van der Waals surface area contributed by atoms with Gasteiger partial charge in [-0.3, -0.25) is 4.79 Å². The molecule has 3 nitrogen and oxygen atoms in total. The lowest BCUT2D eigenvalue weighted by Gasteiger charge is -2.11. The van der Waals surface area contributed by atoms with Gasteiger partial charge >= 0.3 is 5.97 Å². The van der Waals surface area contributed by atoms with Crippen molar-refractivity contribution in [3.8, 4) is 5.75 Å². The SMILES string of the molecule is CC(=O)Oc1ccc(C(O)CSc2ccccc2)cc1. The molecule has 1 atom stereocenters. The first-order valence-corrected chi connectivity index (χ1v) is 7.28. The predicted octanol–water partition coefficient (Wildman–Crippen LogP) is 3.44. The van der Waals surface area contributed by atoms with Crippen molar-refractivity contribution in [2.24, 2.45) is 0 Å². The van der Waals surface area contributed by atoms with Crippen LogP contribution in [0.5, 0.6) is 5.75 Å². The average Bonchev–Trinajstić information content (AvgIpc) is 2.46. The molecule has 1 N–H and O–H groups in total. The molecule has 0 radical (unpaired) electrons. The third-order valence-electron chi connectivity index (χ3n) is 2.68. The van der Waals surface area contributed by atoms with Crippen molar-refractivity contribution >= 4 is 17.7 Å². The first-order valence-electron chi connectivity index (χ1n) is 6.29. The number of rotatable bonds is 5. The Bertz CT molecular complexity index is 552. The number of ether oxygens (including phenoxy) is 1. The van der Waals surface area contributed by atoms with Crippen LogP contribution in [0.25, 0.3) is 0 Å². The van der Waals surface area contributed by atoms with Gasteiger partial charge < -0.3 is 9.84 Å². The fourth-order valence-corrected chi connectivity index (χ4v) is 2.60. The maximum absolute atomic E-state index is 10.8. The van der Waals surface area contributed by atoms with E-state index < -0.39 is 6.10 Å². The quantitative estimate of drug-likeness (QED) is 0.520. The van der Waals surface area contributed by atoms with Gasteiger partial charge in [0.15, 0.2) is 0 Å². The Labute approximate surface area is 122 Å². The summed E-state index contributed by atoms with van der Waals surface area (Å²) in [5.41, 5.74) is 0.810. The minimum Gasteiger partial charge on any atom is -0.427 e. The number of aliphatic hydroxyl groups excluding tert-OH is 1. The van der Waals surface area contributed by atoms with Crippen LogP contribution in [0.2, 0.25) is 0 Å². The van der Waals surface area contributed by atoms with Gasteiger partial charge in [-0.05, 0) is 29.8 Å². The van der Waals surface area contributed by atoms with Crippen LogP contribution in [0.3, 0.4) is 0 Å². The zero-order valence-electron chi connectivity index (χ0n) is 11.2. The van der Waals surface area contributed by atoms with Gasteiger partial charge in [0.2, 0.25) is 0 Å². The lowest BCUT2D eigenvalue weighted by atomic mass is 10.1. The van der Waals surface area contributed by atoms with Crippen molar-refractivity contribution < 1.29 is 14.6 Å². The van der Waals surface area contributed by atoms with E-state index in [2.05, 4.69) is 0 Å². The molecule has 20 heavy (non-hydrogen) atoms. The van der Waals surface area contributed by atoms with Gasteiger partial charge in [0, 0.05) is 17.6 Å². The van der Waals surface area contributed by atoms with Crippen molar-refractivity contribution in [1.29, 1.82) is 0 Å². The third kappa shape index (κ3) is 4.40. The highest BCUT2D eigenvalue weighted by molar-refractivity contribution is 7.99. The standard InChI is InChI=1S/C16H16O3S/c1-12(17)19-14-9-7-13(8-10-14)16(18)11-20-15-5-3-2-4-6-15/h2-10,16,18H,11H2,1H3. The molecule has 0 aliphatic carbocycles. The molecule has 0 fully saturated rings. The fourth-order valence-electron chi connectivity index (χ4n) is 1.71. The summed E-state index contributed by atoms with van der Waals surface area (Å²) in [7, 11) is 0. The Balaban J connectivity index is 1.92. The maximum Gasteiger partial charge on any atom is 0.308 e. The molecule has 0 bridgehead atoms. The largest absolute Gasteiger partial charge is 0.427 e. The van der Waals surface area contributed by atoms with Crippen LogP contribution >= 0.6 is 11.8 Å². The summed E-state index contributed by atoms with van der Waals surface area (Å²) in [6.45, 7) is 1.36. The molecule has 0 aromatic heterocycles. The summed E-state index contributed by atoms with van der Waals surface area (Å²) in [6.07, 6.45) is -0.549. The summed E-state index contributed by atoms with van der Waals surface area (Å²) >= 11 is 1.60. The van der Waals surface area contributed by atoms with Crippen molar-refractivity contribution in [3.63, 3.8) is 0 Å². The number of benzene rings is 2. The van der Waals surface area contributed by atoms with Gasteiger partial charge in [-0.1, -0.05) is 30.3 Å². The highest BCUT2D eigenvalue weighted by Crippen LogP contribution is 2.25. The molecule has 104 valence electrons. The smallest absolute Gasteiger partial charge is 0.308 e. The summed E-state index contributed by atoms with van der Waals surface area (Å²) < 4.78 is 4.95. The maximum atomic E-state index is 10.8. The minimum atomic E-state index is -0.549. The molecule has 2 aromatic carbocycles. The van der Waals surface area contributed by atoms with Crippen LogP contribution in [-0.2, 0) is 4.79 Å². The van der Waals surface area contributed by atoms with E-state index in [1.54, 1.807) is 36.0 Å². The normalized spacial score (nSPS) is 11.9. The molecule has 2 rings (SSSR count). The Hall–Kier alpha value is -1.78. The number of hydrogen-bond donors (Lipinski definition) is 1. The van der Waals surface area contributed by atoms with Crippen LogP contribution in [0.4, 0.5) is 0 Å². The van der Waals surface area contributed by atoms with E-state index in [1.807, 2.05) is 30.3 Å². The lowest BCUT2D eigenvalue weighted by molar-refractivity contribution is -0.131. The van der Waals surface area contributed by atoms with Gasteiger partial charge in [-0.25, -0.2) is 0 Å². The number of thioether (sulfide) groups is 1. The topological polar surface area (TPSA) is 46.5 Å². The van der Waals surface area contributed by atoms with E-state index in [-0.39, 0.29) is 5.97 Å². The minimum absolute atomic E-state index is 0.349. The van der Waals surface area contributed by atoms with Gasteiger partial charge in [0.25, 0.3) is 0 Å². The second kappa shape index (κ2) is 7.12. The Morgan fingerprint density at radius 2 is 1.80 bits per heavy atom. The monoisotopic (exact) mass is 288 g/mol. The van der Waals surface area contributed by atoms with Crippen molar-refractivity contribution in [3.05, 3.63) is 60.2 Å². The summed E-state index contributed by atoms with van der Waals surface area (Å²) in [5, 5.41) is 10.1. The first kappa shape index (κ1) is 14.6. The molecule has 0 amide bonds. The van der Waals surface area contributed by atoms with Crippen LogP contribution in [0.15, 0.2) is 59.5 Å². The molecule has 0 saturated heterocycles. The van der Waals surface area contributed by atoms with Crippen molar-refractivity contribution in [2.75, 3.05) is 5.75 Å². The highest BCUT2D eigenvalue weighted by Gasteiger charge is 2.08. The second-order valence-electron chi connectivity index (χ2n) is 4.30. The van der Waals surface area contributed by atoms with Crippen molar-refractivity contribution in [2.45, 2.75) is 17.9 Å². The first-order chi connectivity index (χ1) is 9.65. The zero-order valence-corrected chi connectivity index (χ0v) is 12.0. The molecule has 0 aliphatic rings. The molecule has 0 saturated carbocycles. The van der Waals surface area contributed by atoms with E-state index >= 15 is 0 Å². The fraction of sp³-hybridized carbons (Fsp3) is 0.188. The summed E-state index contributed by atoms with van der Waals surface area (Å²) in [6, 6.07) is 16.9. The molecular weight excluding hydrogens is 272 g/mol. The molecule has 0 aliphatic heterocycles. The van der Waals surface area contributed by atoms with E-state index in [0.717, 1.165) is 10.5 Å². The average molecular weight is 288 g/mol. The molecule has 1 unspecified atom stereocenters. The predicted molar refractivity (Wildman–Crippen MR) is 79.9 cm³/mol. The van der Waals surface area contributed by atoms with E-state index in [9.17, 15) is 9.90 Å².